The second-order valence-corrected chi connectivity index (χ2v) is 7.17. The van der Waals surface area contributed by atoms with E-state index in [4.69, 9.17) is 9.15 Å². The zero-order valence-corrected chi connectivity index (χ0v) is 17.5. The molecule has 0 atom stereocenters. The number of oxazole rings is 1. The highest BCUT2D eigenvalue weighted by atomic mass is 16.5. The monoisotopic (exact) mass is 409 g/mol. The summed E-state index contributed by atoms with van der Waals surface area (Å²) in [4.78, 5) is 22.9. The predicted molar refractivity (Wildman–Crippen MR) is 113 cm³/mol. The Morgan fingerprint density at radius 2 is 2.03 bits per heavy atom. The summed E-state index contributed by atoms with van der Waals surface area (Å²) in [5, 5.41) is 9.22. The van der Waals surface area contributed by atoms with Gasteiger partial charge < -0.3 is 19.0 Å². The van der Waals surface area contributed by atoms with Crippen LogP contribution < -0.4 is 9.64 Å². The predicted octanol–water partition coefficient (Wildman–Crippen LogP) is 2.20. The lowest BCUT2D eigenvalue weighted by molar-refractivity contribution is -0.132. The van der Waals surface area contributed by atoms with Crippen LogP contribution in [0.15, 0.2) is 41.3 Å². The molecule has 158 valence electrons. The van der Waals surface area contributed by atoms with Crippen molar-refractivity contribution in [2.24, 2.45) is 0 Å². The molecule has 30 heavy (non-hydrogen) atoms. The molecular weight excluding hydrogens is 382 g/mol. The van der Waals surface area contributed by atoms with E-state index in [0.29, 0.717) is 63.3 Å². The maximum absolute atomic E-state index is 12.9. The lowest BCUT2D eigenvalue weighted by atomic mass is 10.2. The van der Waals surface area contributed by atoms with Crippen LogP contribution in [-0.2, 0) is 11.3 Å². The van der Waals surface area contributed by atoms with E-state index in [1.54, 1.807) is 14.0 Å². The number of rotatable bonds is 8. The summed E-state index contributed by atoms with van der Waals surface area (Å²) < 4.78 is 10.8. The van der Waals surface area contributed by atoms with Crippen molar-refractivity contribution in [1.82, 2.24) is 14.8 Å². The highest BCUT2D eigenvalue weighted by Crippen LogP contribution is 2.22. The highest BCUT2D eigenvalue weighted by molar-refractivity contribution is 5.78. The second-order valence-electron chi connectivity index (χ2n) is 7.17. The fourth-order valence-corrected chi connectivity index (χ4v) is 3.51. The number of aromatic nitrogens is 1. The van der Waals surface area contributed by atoms with Gasteiger partial charge in [-0.15, -0.1) is 6.58 Å². The Morgan fingerprint density at radius 1 is 1.33 bits per heavy atom. The van der Waals surface area contributed by atoms with Crippen LogP contribution in [0, 0.1) is 18.3 Å². The number of carbonyl (C=O) groups excluding carboxylic acids is 1. The van der Waals surface area contributed by atoms with Crippen LogP contribution in [0.5, 0.6) is 5.75 Å². The van der Waals surface area contributed by atoms with E-state index in [-0.39, 0.29) is 5.91 Å². The van der Waals surface area contributed by atoms with Crippen LogP contribution in [0.1, 0.15) is 17.1 Å². The van der Waals surface area contributed by atoms with Crippen molar-refractivity contribution in [1.29, 1.82) is 5.26 Å². The molecule has 1 aromatic heterocycles. The quantitative estimate of drug-likeness (QED) is 0.618. The third kappa shape index (κ3) is 5.19. The van der Waals surface area contributed by atoms with Crippen LogP contribution in [0.2, 0.25) is 0 Å². The summed E-state index contributed by atoms with van der Waals surface area (Å²) >= 11 is 0. The van der Waals surface area contributed by atoms with Crippen molar-refractivity contribution in [3.8, 4) is 11.8 Å². The van der Waals surface area contributed by atoms with E-state index < -0.39 is 0 Å². The topological polar surface area (TPSA) is 85.8 Å². The first-order chi connectivity index (χ1) is 14.5. The van der Waals surface area contributed by atoms with Gasteiger partial charge in [-0.25, -0.2) is 4.98 Å². The van der Waals surface area contributed by atoms with Crippen LogP contribution in [0.4, 0.5) is 5.88 Å². The van der Waals surface area contributed by atoms with Crippen molar-refractivity contribution in [3.63, 3.8) is 0 Å². The zero-order chi connectivity index (χ0) is 21.5. The van der Waals surface area contributed by atoms with E-state index in [9.17, 15) is 10.1 Å². The first-order valence-electron chi connectivity index (χ1n) is 9.90. The molecule has 1 aliphatic rings. The fraction of sp³-hybridized carbons (Fsp3) is 0.409. The molecule has 0 radical (unpaired) electrons. The maximum Gasteiger partial charge on any atom is 0.236 e. The number of benzene rings is 1. The lowest BCUT2D eigenvalue weighted by Crippen LogP contribution is -2.51. The van der Waals surface area contributed by atoms with Gasteiger partial charge in [0.15, 0.2) is 5.89 Å². The Balaban J connectivity index is 1.56. The minimum Gasteiger partial charge on any atom is -0.497 e. The molecule has 1 saturated heterocycles. The molecule has 1 amide bonds. The molecule has 1 fully saturated rings. The van der Waals surface area contributed by atoms with E-state index in [1.807, 2.05) is 40.1 Å². The molecule has 2 aromatic rings. The minimum atomic E-state index is 0.0827. The lowest BCUT2D eigenvalue weighted by Gasteiger charge is -2.35. The Morgan fingerprint density at radius 3 is 2.63 bits per heavy atom. The van der Waals surface area contributed by atoms with Crippen LogP contribution >= 0.6 is 0 Å². The maximum atomic E-state index is 12.9. The standard InChI is InChI=1S/C22H27N5O3/c1-4-9-25(15-18-5-7-19(29-3)8-6-18)16-21(28)26-10-12-27(13-11-26)22-20(14-23)24-17(2)30-22/h4-8H,1,9-13,15-16H2,2-3H3. The van der Waals surface area contributed by atoms with Gasteiger partial charge in [0.2, 0.25) is 17.5 Å². The molecule has 3 rings (SSSR count). The molecular formula is C22H27N5O3. The van der Waals surface area contributed by atoms with E-state index in [2.05, 4.69) is 22.5 Å². The molecule has 8 nitrogen and oxygen atoms in total. The number of amides is 1. The summed E-state index contributed by atoms with van der Waals surface area (Å²) in [7, 11) is 1.64. The third-order valence-electron chi connectivity index (χ3n) is 5.05. The molecule has 2 heterocycles. The molecule has 0 saturated carbocycles. The van der Waals surface area contributed by atoms with Gasteiger partial charge in [-0.1, -0.05) is 18.2 Å². The molecule has 0 unspecified atom stereocenters. The van der Waals surface area contributed by atoms with Crippen LogP contribution in [-0.4, -0.2) is 67.1 Å². The van der Waals surface area contributed by atoms with Crippen LogP contribution in [0.25, 0.3) is 0 Å². The summed E-state index contributed by atoms with van der Waals surface area (Å²) in [5.74, 6) is 1.86. The number of carbonyl (C=O) groups is 1. The van der Waals surface area contributed by atoms with E-state index in [1.165, 1.54) is 0 Å². The highest BCUT2D eigenvalue weighted by Gasteiger charge is 2.26. The average Bonchev–Trinajstić information content (AvgIpc) is 3.15. The zero-order valence-electron chi connectivity index (χ0n) is 17.5. The molecule has 1 aliphatic heterocycles. The molecule has 1 aromatic carbocycles. The number of hydrogen-bond acceptors (Lipinski definition) is 7. The van der Waals surface area contributed by atoms with Crippen molar-refractivity contribution < 1.29 is 13.9 Å². The Kier molecular flexibility index (Phi) is 7.09. The van der Waals surface area contributed by atoms with E-state index in [0.717, 1.165) is 11.3 Å². The number of aryl methyl sites for hydroxylation is 1. The molecule has 0 spiro atoms. The van der Waals surface area contributed by atoms with Gasteiger partial charge >= 0.3 is 0 Å². The van der Waals surface area contributed by atoms with Crippen LogP contribution in [0.3, 0.4) is 0 Å². The van der Waals surface area contributed by atoms with Gasteiger partial charge in [0.05, 0.1) is 13.7 Å². The van der Waals surface area contributed by atoms with Crippen molar-refractivity contribution >= 4 is 11.8 Å². The Labute approximate surface area is 176 Å². The van der Waals surface area contributed by atoms with Gasteiger partial charge in [0, 0.05) is 46.2 Å². The first-order valence-corrected chi connectivity index (χ1v) is 9.90. The number of nitrogens with zero attached hydrogens (tertiary/aromatic N) is 5. The Bertz CT molecular complexity index is 908. The van der Waals surface area contributed by atoms with Gasteiger partial charge in [-0.2, -0.15) is 5.26 Å². The van der Waals surface area contributed by atoms with Gasteiger partial charge in [0.1, 0.15) is 11.8 Å². The number of hydrogen-bond donors (Lipinski definition) is 0. The smallest absolute Gasteiger partial charge is 0.236 e. The number of nitriles is 1. The summed E-state index contributed by atoms with van der Waals surface area (Å²) in [6.07, 6.45) is 1.81. The normalized spacial score (nSPS) is 13.9. The molecule has 8 heteroatoms. The Hall–Kier alpha value is -3.31. The van der Waals surface area contributed by atoms with Crippen molar-refractivity contribution in [2.75, 3.05) is 51.3 Å². The minimum absolute atomic E-state index is 0.0827. The number of piperazine rings is 1. The summed E-state index contributed by atoms with van der Waals surface area (Å²) in [5.41, 5.74) is 1.41. The van der Waals surface area contributed by atoms with Gasteiger partial charge in [-0.05, 0) is 17.7 Å². The fourth-order valence-electron chi connectivity index (χ4n) is 3.51. The first kappa shape index (κ1) is 21.4. The third-order valence-corrected chi connectivity index (χ3v) is 5.05. The molecule has 0 aliphatic carbocycles. The SMILES string of the molecule is C=CCN(CC(=O)N1CCN(c2oc(C)nc2C#N)CC1)Cc1ccc(OC)cc1. The summed E-state index contributed by atoms with van der Waals surface area (Å²) in [6.45, 7) is 9.51. The molecule has 0 bridgehead atoms. The molecule has 0 N–H and O–H groups in total. The van der Waals surface area contributed by atoms with Gasteiger partial charge in [0.25, 0.3) is 0 Å². The van der Waals surface area contributed by atoms with Crippen molar-refractivity contribution in [2.45, 2.75) is 13.5 Å². The van der Waals surface area contributed by atoms with E-state index >= 15 is 0 Å². The average molecular weight is 409 g/mol. The largest absolute Gasteiger partial charge is 0.497 e. The van der Waals surface area contributed by atoms with Gasteiger partial charge in [-0.3, -0.25) is 9.69 Å². The number of methoxy groups -OCH3 is 1. The summed E-state index contributed by atoms with van der Waals surface area (Å²) in [6, 6.07) is 9.92. The second kappa shape index (κ2) is 9.94. The number of ether oxygens (including phenoxy) is 1. The van der Waals surface area contributed by atoms with Crippen molar-refractivity contribution in [3.05, 3.63) is 54.1 Å². The number of anilines is 1.